The molecule has 0 bridgehead atoms. The van der Waals surface area contributed by atoms with Crippen molar-refractivity contribution < 1.29 is 18.3 Å². The molecule has 1 heterocycles. The molecule has 2 aromatic carbocycles. The number of aromatic nitrogens is 2. The van der Waals surface area contributed by atoms with Gasteiger partial charge in [-0.2, -0.15) is 5.10 Å². The first-order chi connectivity index (χ1) is 15.0. The molecular weight excluding hydrogens is 477 g/mol. The second-order valence-electron chi connectivity index (χ2n) is 6.76. The van der Waals surface area contributed by atoms with Crippen LogP contribution in [0, 0.1) is 11.6 Å². The number of halogens is 4. The van der Waals surface area contributed by atoms with E-state index in [1.54, 1.807) is 24.3 Å². The number of ether oxygens (including phenoxy) is 1. The molecule has 0 radical (unpaired) electrons. The average molecular weight is 501 g/mol. The molecule has 0 atom stereocenters. The van der Waals surface area contributed by atoms with Crippen molar-refractivity contribution in [2.24, 2.45) is 0 Å². The van der Waals surface area contributed by atoms with Crippen LogP contribution >= 0.6 is 24.8 Å². The first-order valence-corrected chi connectivity index (χ1v) is 9.67. The maximum atomic E-state index is 13.5. The van der Waals surface area contributed by atoms with Crippen molar-refractivity contribution in [3.05, 3.63) is 82.1 Å². The Labute approximate surface area is 202 Å². The van der Waals surface area contributed by atoms with Crippen molar-refractivity contribution in [3.63, 3.8) is 0 Å². The van der Waals surface area contributed by atoms with Crippen molar-refractivity contribution in [3.8, 4) is 11.3 Å². The Morgan fingerprint density at radius 3 is 2.58 bits per heavy atom. The smallest absolute Gasteiger partial charge is 0.411 e. The molecule has 1 aromatic heterocycles. The summed E-state index contributed by atoms with van der Waals surface area (Å²) in [6, 6.07) is 13.1. The zero-order valence-electron chi connectivity index (χ0n) is 17.7. The van der Waals surface area contributed by atoms with E-state index in [2.05, 4.69) is 15.7 Å². The van der Waals surface area contributed by atoms with Gasteiger partial charge in [-0.3, -0.25) is 10.1 Å². The third kappa shape index (κ3) is 8.12. The Bertz CT molecular complexity index is 1130. The number of rotatable bonds is 8. The molecule has 0 saturated carbocycles. The summed E-state index contributed by atoms with van der Waals surface area (Å²) in [5.41, 5.74) is 1.56. The molecule has 0 spiro atoms. The van der Waals surface area contributed by atoms with E-state index in [1.807, 2.05) is 7.05 Å². The molecule has 33 heavy (non-hydrogen) atoms. The summed E-state index contributed by atoms with van der Waals surface area (Å²) in [4.78, 5) is 24.1. The van der Waals surface area contributed by atoms with Crippen LogP contribution in [0.3, 0.4) is 0 Å². The van der Waals surface area contributed by atoms with Crippen LogP contribution in [0.1, 0.15) is 12.0 Å². The number of anilines is 1. The fourth-order valence-corrected chi connectivity index (χ4v) is 2.86. The Kier molecular flexibility index (Phi) is 11.5. The molecule has 0 unspecified atom stereocenters. The van der Waals surface area contributed by atoms with E-state index in [1.165, 1.54) is 22.9 Å². The summed E-state index contributed by atoms with van der Waals surface area (Å²) in [5.74, 6) is -1.95. The van der Waals surface area contributed by atoms with Gasteiger partial charge in [0.25, 0.3) is 5.56 Å². The summed E-state index contributed by atoms with van der Waals surface area (Å²) in [7, 11) is 1.82. The van der Waals surface area contributed by atoms with E-state index in [-0.39, 0.29) is 36.9 Å². The SMILES string of the molecule is CNCCCOC(=O)Nc1cccc(Cn2nc(-c3ccc(F)c(F)c3)ccc2=O)c1.Cl.Cl. The van der Waals surface area contributed by atoms with Crippen molar-refractivity contribution in [1.29, 1.82) is 0 Å². The molecule has 0 aliphatic heterocycles. The number of amides is 1. The van der Waals surface area contributed by atoms with Crippen molar-refractivity contribution >= 4 is 36.6 Å². The van der Waals surface area contributed by atoms with Gasteiger partial charge in [-0.15, -0.1) is 24.8 Å². The van der Waals surface area contributed by atoms with Crippen LogP contribution in [0.2, 0.25) is 0 Å². The molecule has 2 N–H and O–H groups in total. The van der Waals surface area contributed by atoms with E-state index in [0.717, 1.165) is 18.7 Å². The third-order valence-electron chi connectivity index (χ3n) is 4.39. The van der Waals surface area contributed by atoms with E-state index >= 15 is 0 Å². The van der Waals surface area contributed by atoms with Crippen LogP contribution in [-0.4, -0.2) is 36.1 Å². The molecule has 11 heteroatoms. The van der Waals surface area contributed by atoms with Crippen molar-refractivity contribution in [2.45, 2.75) is 13.0 Å². The maximum absolute atomic E-state index is 13.5. The first kappa shape index (κ1) is 28.0. The van der Waals surface area contributed by atoms with Gasteiger partial charge in [-0.05, 0) is 62.0 Å². The number of benzene rings is 2. The standard InChI is InChI=1S/C22H22F2N4O3.2ClH/c1-25-10-3-11-31-22(30)26-17-5-2-4-15(12-17)14-28-21(29)9-8-20(27-28)16-6-7-18(23)19(24)13-16;;/h2,4-9,12-13,25H,3,10-11,14H2,1H3,(H,26,30);2*1H. The van der Waals surface area contributed by atoms with Crippen LogP contribution in [-0.2, 0) is 11.3 Å². The molecule has 178 valence electrons. The van der Waals surface area contributed by atoms with Gasteiger partial charge in [0, 0.05) is 17.3 Å². The van der Waals surface area contributed by atoms with Crippen LogP contribution in [0.25, 0.3) is 11.3 Å². The molecular formula is C22H24Cl2F2N4O3. The van der Waals surface area contributed by atoms with Crippen molar-refractivity contribution in [1.82, 2.24) is 15.1 Å². The Morgan fingerprint density at radius 2 is 1.85 bits per heavy atom. The lowest BCUT2D eigenvalue weighted by molar-refractivity contribution is 0.160. The Hall–Kier alpha value is -3.01. The minimum atomic E-state index is -0.992. The third-order valence-corrected chi connectivity index (χ3v) is 4.39. The zero-order valence-corrected chi connectivity index (χ0v) is 19.3. The number of hydrogen-bond donors (Lipinski definition) is 2. The highest BCUT2D eigenvalue weighted by Crippen LogP contribution is 2.19. The number of carbonyl (C=O) groups excluding carboxylic acids is 1. The largest absolute Gasteiger partial charge is 0.449 e. The van der Waals surface area contributed by atoms with Gasteiger partial charge >= 0.3 is 6.09 Å². The highest BCUT2D eigenvalue weighted by Gasteiger charge is 2.09. The Morgan fingerprint density at radius 1 is 1.06 bits per heavy atom. The topological polar surface area (TPSA) is 85.2 Å². The predicted molar refractivity (Wildman–Crippen MR) is 127 cm³/mol. The van der Waals surface area contributed by atoms with E-state index < -0.39 is 17.7 Å². The number of nitrogens with zero attached hydrogens (tertiary/aromatic N) is 2. The molecule has 3 aromatic rings. The summed E-state index contributed by atoms with van der Waals surface area (Å²) in [6.07, 6.45) is 0.135. The van der Waals surface area contributed by atoms with E-state index in [9.17, 15) is 18.4 Å². The average Bonchev–Trinajstić information content (AvgIpc) is 2.75. The zero-order chi connectivity index (χ0) is 22.2. The minimum Gasteiger partial charge on any atom is -0.449 e. The normalized spacial score (nSPS) is 10.0. The predicted octanol–water partition coefficient (Wildman–Crippen LogP) is 4.24. The fraction of sp³-hybridized carbons (Fsp3) is 0.227. The van der Waals surface area contributed by atoms with E-state index in [0.29, 0.717) is 35.5 Å². The lowest BCUT2D eigenvalue weighted by Gasteiger charge is -2.10. The maximum Gasteiger partial charge on any atom is 0.411 e. The first-order valence-electron chi connectivity index (χ1n) is 9.67. The Balaban J connectivity index is 0.00000272. The molecule has 0 saturated heterocycles. The van der Waals surface area contributed by atoms with Gasteiger partial charge in [0.2, 0.25) is 0 Å². The van der Waals surface area contributed by atoms with Crippen LogP contribution in [0.15, 0.2) is 59.4 Å². The quantitative estimate of drug-likeness (QED) is 0.452. The monoisotopic (exact) mass is 500 g/mol. The second-order valence-corrected chi connectivity index (χ2v) is 6.76. The molecule has 0 fully saturated rings. The highest BCUT2D eigenvalue weighted by atomic mass is 35.5. The summed E-state index contributed by atoms with van der Waals surface area (Å²) in [5, 5.41) is 9.86. The fourth-order valence-electron chi connectivity index (χ4n) is 2.86. The minimum absolute atomic E-state index is 0. The van der Waals surface area contributed by atoms with Crippen LogP contribution in [0.5, 0.6) is 0 Å². The molecule has 0 aliphatic rings. The van der Waals surface area contributed by atoms with Crippen LogP contribution in [0.4, 0.5) is 19.3 Å². The van der Waals surface area contributed by atoms with Gasteiger partial charge in [0.1, 0.15) is 0 Å². The highest BCUT2D eigenvalue weighted by molar-refractivity contribution is 5.86. The van der Waals surface area contributed by atoms with Gasteiger partial charge in [0.15, 0.2) is 11.6 Å². The molecule has 0 aliphatic carbocycles. The van der Waals surface area contributed by atoms with Gasteiger partial charge in [-0.1, -0.05) is 12.1 Å². The second kappa shape index (κ2) is 13.5. The van der Waals surface area contributed by atoms with Crippen molar-refractivity contribution in [2.75, 3.05) is 25.5 Å². The number of nitrogens with one attached hydrogen (secondary N) is 2. The lowest BCUT2D eigenvalue weighted by Crippen LogP contribution is -2.23. The lowest BCUT2D eigenvalue weighted by atomic mass is 10.1. The number of carbonyl (C=O) groups is 1. The molecule has 3 rings (SSSR count). The van der Waals surface area contributed by atoms with Gasteiger partial charge < -0.3 is 10.1 Å². The summed E-state index contributed by atoms with van der Waals surface area (Å²) in [6.45, 7) is 1.17. The van der Waals surface area contributed by atoms with Crippen LogP contribution < -0.4 is 16.2 Å². The van der Waals surface area contributed by atoms with E-state index in [4.69, 9.17) is 4.74 Å². The molecule has 7 nitrogen and oxygen atoms in total. The van der Waals surface area contributed by atoms with Gasteiger partial charge in [0.05, 0.1) is 18.8 Å². The summed E-state index contributed by atoms with van der Waals surface area (Å²) < 4.78 is 33.0. The summed E-state index contributed by atoms with van der Waals surface area (Å²) >= 11 is 0. The number of hydrogen-bond acceptors (Lipinski definition) is 5. The van der Waals surface area contributed by atoms with Gasteiger partial charge in [-0.25, -0.2) is 18.3 Å². The molecule has 1 amide bonds.